The molecule has 2 aromatic rings. The zero-order chi connectivity index (χ0) is 13.8. The number of ether oxygens (including phenoxy) is 1. The number of esters is 1. The number of nitro benzene ring substituents is 1. The van der Waals surface area contributed by atoms with Crippen molar-refractivity contribution in [2.75, 3.05) is 12.4 Å². The number of non-ortho nitro benzene ring substituents is 1. The zero-order valence-corrected chi connectivity index (χ0v) is 10.9. The fourth-order valence-corrected chi connectivity index (χ4v) is 2.18. The minimum Gasteiger partial charge on any atom is -0.465 e. The van der Waals surface area contributed by atoms with E-state index in [-0.39, 0.29) is 11.7 Å². The van der Waals surface area contributed by atoms with E-state index in [4.69, 9.17) is 4.74 Å². The molecule has 0 amide bonds. The van der Waals surface area contributed by atoms with E-state index in [9.17, 15) is 14.9 Å². The first-order valence-electron chi connectivity index (χ1n) is 5.46. The highest BCUT2D eigenvalue weighted by atomic mass is 32.2. The minimum absolute atomic E-state index is 0.0209. The molecule has 19 heavy (non-hydrogen) atoms. The summed E-state index contributed by atoms with van der Waals surface area (Å²) in [4.78, 5) is 28.0. The largest absolute Gasteiger partial charge is 0.465 e. The Bertz CT molecular complexity index is 625. The topological polar surface area (TPSA) is 98.1 Å². The molecule has 0 atom stereocenters. The van der Waals surface area contributed by atoms with E-state index in [2.05, 4.69) is 9.97 Å². The fraction of sp³-hybridized carbons (Fsp3) is 0.273. The van der Waals surface area contributed by atoms with Crippen molar-refractivity contribution in [2.24, 2.45) is 0 Å². The average Bonchev–Trinajstić information content (AvgIpc) is 2.75. The Labute approximate surface area is 112 Å². The maximum absolute atomic E-state index is 10.6. The lowest BCUT2D eigenvalue weighted by Crippen LogP contribution is -2.02. The summed E-state index contributed by atoms with van der Waals surface area (Å²) < 4.78 is 4.80. The van der Waals surface area contributed by atoms with Crippen LogP contribution in [0, 0.1) is 10.1 Å². The summed E-state index contributed by atoms with van der Waals surface area (Å²) in [6.45, 7) is 1.65. The van der Waals surface area contributed by atoms with E-state index in [0.29, 0.717) is 28.5 Å². The summed E-state index contributed by atoms with van der Waals surface area (Å²) in [6, 6.07) is 4.45. The smallest absolute Gasteiger partial charge is 0.302 e. The summed E-state index contributed by atoms with van der Waals surface area (Å²) in [5, 5.41) is 11.3. The number of hydrogen-bond acceptors (Lipinski definition) is 6. The molecule has 1 N–H and O–H groups in total. The molecule has 7 nitrogen and oxygen atoms in total. The second-order valence-electron chi connectivity index (χ2n) is 3.69. The number of aromatic nitrogens is 2. The number of carbonyl (C=O) groups is 1. The molecule has 2 rings (SSSR count). The summed E-state index contributed by atoms with van der Waals surface area (Å²) >= 11 is 1.39. The summed E-state index contributed by atoms with van der Waals surface area (Å²) in [6.07, 6.45) is 0. The maximum atomic E-state index is 10.6. The van der Waals surface area contributed by atoms with E-state index < -0.39 is 4.92 Å². The third kappa shape index (κ3) is 3.44. The number of thioether (sulfide) groups is 1. The molecule has 0 spiro atoms. The molecular formula is C11H11N3O4S. The molecule has 0 bridgehead atoms. The van der Waals surface area contributed by atoms with Gasteiger partial charge in [0, 0.05) is 24.8 Å². The van der Waals surface area contributed by atoms with Gasteiger partial charge in [-0.25, -0.2) is 4.98 Å². The molecule has 1 aromatic carbocycles. The summed E-state index contributed by atoms with van der Waals surface area (Å²) in [5.74, 6) is 0.252. The average molecular weight is 281 g/mol. The Kier molecular flexibility index (Phi) is 4.00. The normalized spacial score (nSPS) is 10.6. The molecule has 0 aliphatic heterocycles. The molecule has 100 valence electrons. The molecular weight excluding hydrogens is 270 g/mol. The third-order valence-electron chi connectivity index (χ3n) is 2.28. The van der Waals surface area contributed by atoms with Gasteiger partial charge in [-0.3, -0.25) is 14.9 Å². The fourth-order valence-electron chi connectivity index (χ4n) is 1.48. The number of H-pyrrole nitrogens is 1. The standard InChI is InChI=1S/C11H11N3O4S/c1-7(15)18-4-5-19-11-12-9-3-2-8(14(16)17)6-10(9)13-11/h2-3,6H,4-5H2,1H3,(H,12,13). The van der Waals surface area contributed by atoms with Crippen LogP contribution in [0.3, 0.4) is 0 Å². The van der Waals surface area contributed by atoms with Crippen LogP contribution in [0.15, 0.2) is 23.4 Å². The number of hydrogen-bond donors (Lipinski definition) is 1. The lowest BCUT2D eigenvalue weighted by Gasteiger charge is -1.98. The number of carbonyl (C=O) groups excluding carboxylic acids is 1. The van der Waals surface area contributed by atoms with E-state index in [1.54, 1.807) is 6.07 Å². The van der Waals surface area contributed by atoms with Crippen LogP contribution in [0.25, 0.3) is 11.0 Å². The predicted molar refractivity (Wildman–Crippen MR) is 70.1 cm³/mol. The van der Waals surface area contributed by atoms with Crippen molar-refractivity contribution in [1.82, 2.24) is 9.97 Å². The van der Waals surface area contributed by atoms with E-state index >= 15 is 0 Å². The van der Waals surface area contributed by atoms with Gasteiger partial charge in [-0.1, -0.05) is 11.8 Å². The first-order chi connectivity index (χ1) is 9.06. The van der Waals surface area contributed by atoms with Crippen LogP contribution in [0.1, 0.15) is 6.92 Å². The number of aromatic amines is 1. The van der Waals surface area contributed by atoms with Gasteiger partial charge in [-0.05, 0) is 6.07 Å². The van der Waals surface area contributed by atoms with Crippen molar-refractivity contribution in [3.63, 3.8) is 0 Å². The molecule has 0 saturated heterocycles. The number of imidazole rings is 1. The second kappa shape index (κ2) is 5.70. The number of fused-ring (bicyclic) bond motifs is 1. The molecule has 1 aromatic heterocycles. The van der Waals surface area contributed by atoms with Gasteiger partial charge in [0.1, 0.15) is 6.61 Å². The minimum atomic E-state index is -0.451. The van der Waals surface area contributed by atoms with Crippen LogP contribution in [0.5, 0.6) is 0 Å². The van der Waals surface area contributed by atoms with Gasteiger partial charge in [0.15, 0.2) is 5.16 Å². The van der Waals surface area contributed by atoms with Crippen molar-refractivity contribution in [1.29, 1.82) is 0 Å². The number of benzene rings is 1. The van der Waals surface area contributed by atoms with E-state index in [1.807, 2.05) is 0 Å². The Morgan fingerprint density at radius 2 is 2.37 bits per heavy atom. The van der Waals surface area contributed by atoms with Gasteiger partial charge in [0.2, 0.25) is 0 Å². The van der Waals surface area contributed by atoms with Crippen LogP contribution < -0.4 is 0 Å². The van der Waals surface area contributed by atoms with Crippen LogP contribution in [-0.4, -0.2) is 33.2 Å². The summed E-state index contributed by atoms with van der Waals surface area (Å²) in [7, 11) is 0. The monoisotopic (exact) mass is 281 g/mol. The van der Waals surface area contributed by atoms with Crippen LogP contribution >= 0.6 is 11.8 Å². The molecule has 0 radical (unpaired) electrons. The quantitative estimate of drug-likeness (QED) is 0.296. The van der Waals surface area contributed by atoms with Crippen molar-refractivity contribution in [3.05, 3.63) is 28.3 Å². The highest BCUT2D eigenvalue weighted by molar-refractivity contribution is 7.99. The zero-order valence-electron chi connectivity index (χ0n) is 10.1. The van der Waals surface area contributed by atoms with Crippen LogP contribution in [0.2, 0.25) is 0 Å². The molecule has 0 fully saturated rings. The van der Waals surface area contributed by atoms with E-state index in [0.717, 1.165) is 0 Å². The van der Waals surface area contributed by atoms with Crippen molar-refractivity contribution < 1.29 is 14.5 Å². The number of nitro groups is 1. The Morgan fingerprint density at radius 3 is 3.05 bits per heavy atom. The Balaban J connectivity index is 2.04. The lowest BCUT2D eigenvalue weighted by atomic mass is 10.3. The lowest BCUT2D eigenvalue weighted by molar-refractivity contribution is -0.384. The first-order valence-corrected chi connectivity index (χ1v) is 6.45. The van der Waals surface area contributed by atoms with Gasteiger partial charge < -0.3 is 9.72 Å². The molecule has 1 heterocycles. The second-order valence-corrected chi connectivity index (χ2v) is 4.77. The van der Waals surface area contributed by atoms with Gasteiger partial charge in [0.25, 0.3) is 5.69 Å². The first kappa shape index (κ1) is 13.3. The van der Waals surface area contributed by atoms with Gasteiger partial charge in [-0.2, -0.15) is 0 Å². The maximum Gasteiger partial charge on any atom is 0.302 e. The number of rotatable bonds is 5. The van der Waals surface area contributed by atoms with Crippen LogP contribution in [-0.2, 0) is 9.53 Å². The molecule has 8 heteroatoms. The predicted octanol–water partition coefficient (Wildman–Crippen LogP) is 2.13. The van der Waals surface area contributed by atoms with Crippen molar-refractivity contribution in [3.8, 4) is 0 Å². The van der Waals surface area contributed by atoms with Gasteiger partial charge in [0.05, 0.1) is 16.0 Å². The summed E-state index contributed by atoms with van der Waals surface area (Å²) in [5.41, 5.74) is 1.30. The third-order valence-corrected chi connectivity index (χ3v) is 3.12. The molecule has 0 aliphatic rings. The molecule has 0 aliphatic carbocycles. The number of nitrogens with zero attached hydrogens (tertiary/aromatic N) is 2. The van der Waals surface area contributed by atoms with Crippen molar-refractivity contribution in [2.45, 2.75) is 12.1 Å². The van der Waals surface area contributed by atoms with Crippen LogP contribution in [0.4, 0.5) is 5.69 Å². The van der Waals surface area contributed by atoms with Gasteiger partial charge in [-0.15, -0.1) is 0 Å². The highest BCUT2D eigenvalue weighted by Crippen LogP contribution is 2.22. The Morgan fingerprint density at radius 1 is 1.58 bits per heavy atom. The van der Waals surface area contributed by atoms with E-state index in [1.165, 1.54) is 30.8 Å². The Hall–Kier alpha value is -2.09. The SMILES string of the molecule is CC(=O)OCCSc1nc2ccc([N+](=O)[O-])cc2[nH]1. The van der Waals surface area contributed by atoms with Crippen molar-refractivity contribution >= 4 is 34.5 Å². The molecule has 0 saturated carbocycles. The number of nitrogens with one attached hydrogen (secondary N) is 1. The molecule has 0 unspecified atom stereocenters. The van der Waals surface area contributed by atoms with Gasteiger partial charge >= 0.3 is 5.97 Å². The highest BCUT2D eigenvalue weighted by Gasteiger charge is 2.09.